The smallest absolute Gasteiger partial charge is 0.225 e. The standard InChI is InChI=1S/C10H4BrCl2F2N3/c11-7-8(12)17-10(13)18-9(7)16-6-2-1-4(14)3-5(6)15/h1-3H,(H,16,17,18). The summed E-state index contributed by atoms with van der Waals surface area (Å²) >= 11 is 14.5. The molecule has 0 spiro atoms. The van der Waals surface area contributed by atoms with E-state index < -0.39 is 11.6 Å². The van der Waals surface area contributed by atoms with E-state index in [1.807, 2.05) is 0 Å². The third kappa shape index (κ3) is 2.88. The van der Waals surface area contributed by atoms with E-state index in [0.717, 1.165) is 12.1 Å². The summed E-state index contributed by atoms with van der Waals surface area (Å²) in [6, 6.07) is 3.10. The van der Waals surface area contributed by atoms with Crippen molar-refractivity contribution in [3.8, 4) is 0 Å². The van der Waals surface area contributed by atoms with Crippen LogP contribution in [0.25, 0.3) is 0 Å². The molecule has 2 aromatic rings. The fourth-order valence-corrected chi connectivity index (χ4v) is 1.85. The van der Waals surface area contributed by atoms with E-state index in [1.165, 1.54) is 6.07 Å². The fraction of sp³-hybridized carbons (Fsp3) is 0. The van der Waals surface area contributed by atoms with Crippen LogP contribution in [0.15, 0.2) is 22.7 Å². The highest BCUT2D eigenvalue weighted by atomic mass is 79.9. The van der Waals surface area contributed by atoms with E-state index in [-0.39, 0.29) is 21.9 Å². The first kappa shape index (κ1) is 13.5. The molecule has 0 saturated carbocycles. The minimum Gasteiger partial charge on any atom is -0.337 e. The Balaban J connectivity index is 2.40. The van der Waals surface area contributed by atoms with Crippen LogP contribution in [-0.4, -0.2) is 9.97 Å². The Labute approximate surface area is 119 Å². The van der Waals surface area contributed by atoms with Gasteiger partial charge in [-0.3, -0.25) is 0 Å². The molecule has 2 rings (SSSR count). The van der Waals surface area contributed by atoms with Gasteiger partial charge in [0.25, 0.3) is 0 Å². The van der Waals surface area contributed by atoms with Crippen LogP contribution >= 0.6 is 39.1 Å². The lowest BCUT2D eigenvalue weighted by Crippen LogP contribution is -1.99. The zero-order valence-electron chi connectivity index (χ0n) is 8.52. The number of hydrogen-bond acceptors (Lipinski definition) is 3. The van der Waals surface area contributed by atoms with Crippen LogP contribution in [0, 0.1) is 11.6 Å². The molecule has 0 aliphatic rings. The topological polar surface area (TPSA) is 37.8 Å². The SMILES string of the molecule is Fc1ccc(Nc2nc(Cl)nc(Cl)c2Br)c(F)c1. The van der Waals surface area contributed by atoms with Crippen LogP contribution in [-0.2, 0) is 0 Å². The number of aromatic nitrogens is 2. The summed E-state index contributed by atoms with van der Waals surface area (Å²) in [5.74, 6) is -1.24. The number of rotatable bonds is 2. The molecule has 0 amide bonds. The summed E-state index contributed by atoms with van der Waals surface area (Å²) in [5, 5.41) is 2.63. The average Bonchev–Trinajstić information content (AvgIpc) is 2.29. The molecule has 0 fully saturated rings. The van der Waals surface area contributed by atoms with Crippen molar-refractivity contribution in [2.45, 2.75) is 0 Å². The van der Waals surface area contributed by atoms with Crippen molar-refractivity contribution < 1.29 is 8.78 Å². The van der Waals surface area contributed by atoms with Crippen molar-refractivity contribution in [1.29, 1.82) is 0 Å². The Morgan fingerprint density at radius 2 is 1.89 bits per heavy atom. The number of hydrogen-bond donors (Lipinski definition) is 1. The minimum absolute atomic E-state index is 0.0444. The third-order valence-corrected chi connectivity index (χ3v) is 3.39. The number of halogens is 5. The molecule has 1 aromatic heterocycles. The van der Waals surface area contributed by atoms with Gasteiger partial charge in [0.1, 0.15) is 16.8 Å². The highest BCUT2D eigenvalue weighted by Gasteiger charge is 2.12. The van der Waals surface area contributed by atoms with Gasteiger partial charge in [0.15, 0.2) is 5.82 Å². The van der Waals surface area contributed by atoms with Gasteiger partial charge in [-0.25, -0.2) is 13.8 Å². The number of anilines is 2. The first-order valence-corrected chi connectivity index (χ1v) is 6.13. The maximum Gasteiger partial charge on any atom is 0.225 e. The van der Waals surface area contributed by atoms with Crippen LogP contribution in [0.5, 0.6) is 0 Å². The van der Waals surface area contributed by atoms with Crippen molar-refractivity contribution in [3.05, 3.63) is 44.7 Å². The molecule has 0 saturated heterocycles. The zero-order chi connectivity index (χ0) is 13.3. The first-order valence-electron chi connectivity index (χ1n) is 4.58. The number of nitrogens with one attached hydrogen (secondary N) is 1. The summed E-state index contributed by atoms with van der Waals surface area (Å²) in [4.78, 5) is 7.53. The summed E-state index contributed by atoms with van der Waals surface area (Å²) in [6.07, 6.45) is 0. The largest absolute Gasteiger partial charge is 0.337 e. The Morgan fingerprint density at radius 1 is 1.17 bits per heavy atom. The molecule has 94 valence electrons. The van der Waals surface area contributed by atoms with Gasteiger partial charge in [-0.2, -0.15) is 4.98 Å². The van der Waals surface area contributed by atoms with Gasteiger partial charge in [0, 0.05) is 6.07 Å². The van der Waals surface area contributed by atoms with E-state index in [0.29, 0.717) is 4.47 Å². The number of nitrogens with zero attached hydrogens (tertiary/aromatic N) is 2. The molecule has 1 N–H and O–H groups in total. The lowest BCUT2D eigenvalue weighted by Gasteiger charge is -2.09. The Kier molecular flexibility index (Phi) is 3.99. The Morgan fingerprint density at radius 3 is 2.56 bits per heavy atom. The summed E-state index contributed by atoms with van der Waals surface area (Å²) in [5.41, 5.74) is 0.0444. The maximum absolute atomic E-state index is 13.4. The molecule has 1 aromatic carbocycles. The van der Waals surface area contributed by atoms with Gasteiger partial charge in [0.2, 0.25) is 5.28 Å². The average molecular weight is 355 g/mol. The lowest BCUT2D eigenvalue weighted by molar-refractivity contribution is 0.586. The molecule has 0 radical (unpaired) electrons. The minimum atomic E-state index is -0.757. The normalized spacial score (nSPS) is 10.5. The Bertz CT molecular complexity index is 610. The fourth-order valence-electron chi connectivity index (χ4n) is 1.20. The van der Waals surface area contributed by atoms with Crippen molar-refractivity contribution in [3.63, 3.8) is 0 Å². The second-order valence-electron chi connectivity index (χ2n) is 3.20. The zero-order valence-corrected chi connectivity index (χ0v) is 11.6. The van der Waals surface area contributed by atoms with Crippen LogP contribution in [0.3, 0.4) is 0 Å². The van der Waals surface area contributed by atoms with E-state index >= 15 is 0 Å². The van der Waals surface area contributed by atoms with Crippen LogP contribution in [0.4, 0.5) is 20.3 Å². The predicted octanol–water partition coefficient (Wildman–Crippen LogP) is 4.57. The number of benzene rings is 1. The molecule has 0 aliphatic carbocycles. The van der Waals surface area contributed by atoms with Crippen molar-refractivity contribution in [2.75, 3.05) is 5.32 Å². The van der Waals surface area contributed by atoms with Crippen LogP contribution in [0.2, 0.25) is 10.4 Å². The molecule has 8 heteroatoms. The van der Waals surface area contributed by atoms with Crippen molar-refractivity contribution in [1.82, 2.24) is 9.97 Å². The summed E-state index contributed by atoms with van der Waals surface area (Å²) in [6.45, 7) is 0. The second kappa shape index (κ2) is 5.34. The van der Waals surface area contributed by atoms with Crippen molar-refractivity contribution in [2.24, 2.45) is 0 Å². The molecule has 3 nitrogen and oxygen atoms in total. The molecule has 1 heterocycles. The first-order chi connectivity index (χ1) is 8.47. The quantitative estimate of drug-likeness (QED) is 0.634. The van der Waals surface area contributed by atoms with Gasteiger partial charge in [-0.15, -0.1) is 0 Å². The maximum atomic E-state index is 13.4. The third-order valence-electron chi connectivity index (χ3n) is 1.97. The van der Waals surface area contributed by atoms with E-state index in [1.54, 1.807) is 0 Å². The highest BCUT2D eigenvalue weighted by molar-refractivity contribution is 9.10. The predicted molar refractivity (Wildman–Crippen MR) is 69.4 cm³/mol. The molecule has 0 bridgehead atoms. The molecule has 0 unspecified atom stereocenters. The van der Waals surface area contributed by atoms with Crippen molar-refractivity contribution >= 4 is 50.6 Å². The van der Waals surface area contributed by atoms with Crippen LogP contribution in [0.1, 0.15) is 0 Å². The van der Waals surface area contributed by atoms with Gasteiger partial charge < -0.3 is 5.32 Å². The van der Waals surface area contributed by atoms with E-state index in [9.17, 15) is 8.78 Å². The Hall–Kier alpha value is -0.980. The van der Waals surface area contributed by atoms with E-state index in [2.05, 4.69) is 31.2 Å². The van der Waals surface area contributed by atoms with Crippen LogP contribution < -0.4 is 5.32 Å². The molecule has 0 aliphatic heterocycles. The van der Waals surface area contributed by atoms with Gasteiger partial charge in [-0.05, 0) is 39.7 Å². The second-order valence-corrected chi connectivity index (χ2v) is 4.68. The molecule has 0 atom stereocenters. The lowest BCUT2D eigenvalue weighted by atomic mass is 10.3. The molecular formula is C10H4BrCl2F2N3. The monoisotopic (exact) mass is 353 g/mol. The highest BCUT2D eigenvalue weighted by Crippen LogP contribution is 2.31. The van der Waals surface area contributed by atoms with Gasteiger partial charge in [-0.1, -0.05) is 11.6 Å². The summed E-state index contributed by atoms with van der Waals surface area (Å²) < 4.78 is 26.5. The van der Waals surface area contributed by atoms with Gasteiger partial charge in [0.05, 0.1) is 10.2 Å². The van der Waals surface area contributed by atoms with E-state index in [4.69, 9.17) is 23.2 Å². The molecule has 18 heavy (non-hydrogen) atoms. The summed E-state index contributed by atoms with van der Waals surface area (Å²) in [7, 11) is 0. The molecular weight excluding hydrogens is 351 g/mol. The van der Waals surface area contributed by atoms with Gasteiger partial charge >= 0.3 is 0 Å².